The molecule has 0 bridgehead atoms. The zero-order valence-electron chi connectivity index (χ0n) is 17.1. The molecule has 0 aliphatic rings. The van der Waals surface area contributed by atoms with Crippen molar-refractivity contribution >= 4 is 45.9 Å². The van der Waals surface area contributed by atoms with E-state index in [0.717, 1.165) is 22.4 Å². The van der Waals surface area contributed by atoms with Crippen molar-refractivity contribution in [1.82, 2.24) is 4.98 Å². The van der Waals surface area contributed by atoms with E-state index in [4.69, 9.17) is 32.7 Å². The van der Waals surface area contributed by atoms with Gasteiger partial charge in [-0.1, -0.05) is 59.6 Å². The number of methoxy groups -OCH3 is 1. The molecule has 5 nitrogen and oxygen atoms in total. The van der Waals surface area contributed by atoms with Crippen molar-refractivity contribution < 1.29 is 9.47 Å². The molecule has 0 aliphatic carbocycles. The van der Waals surface area contributed by atoms with Crippen molar-refractivity contribution in [2.24, 2.45) is 5.10 Å². The van der Waals surface area contributed by atoms with Gasteiger partial charge in [-0.05, 0) is 35.9 Å². The van der Waals surface area contributed by atoms with Gasteiger partial charge in [0.2, 0.25) is 5.13 Å². The maximum absolute atomic E-state index is 6.19. The fourth-order valence-electron chi connectivity index (χ4n) is 2.99. The molecular weight excluding hydrogens is 465 g/mol. The highest BCUT2D eigenvalue weighted by molar-refractivity contribution is 7.14. The number of nitrogens with one attached hydrogen (secondary N) is 1. The van der Waals surface area contributed by atoms with E-state index in [2.05, 4.69) is 15.5 Å². The third-order valence-corrected chi connectivity index (χ3v) is 5.89. The molecule has 0 atom stereocenters. The van der Waals surface area contributed by atoms with Crippen molar-refractivity contribution in [2.45, 2.75) is 6.61 Å². The number of thiazole rings is 1. The van der Waals surface area contributed by atoms with Crippen molar-refractivity contribution in [3.63, 3.8) is 0 Å². The van der Waals surface area contributed by atoms with Crippen LogP contribution in [0, 0.1) is 0 Å². The molecule has 3 aromatic carbocycles. The number of benzene rings is 3. The maximum atomic E-state index is 6.19. The Bertz CT molecular complexity index is 1210. The van der Waals surface area contributed by atoms with E-state index in [1.165, 1.54) is 11.3 Å². The van der Waals surface area contributed by atoms with Crippen molar-refractivity contribution in [2.75, 3.05) is 12.5 Å². The Balaban J connectivity index is 1.44. The largest absolute Gasteiger partial charge is 0.496 e. The molecule has 32 heavy (non-hydrogen) atoms. The standard InChI is InChI=1S/C24H19Cl2N3O2S/c1-30-22-11-10-16(12-18(22)14-31-23-19(25)8-5-9-20(23)26)13-27-29-24-28-21(15-32-24)17-6-3-2-4-7-17/h2-13,15H,14H2,1H3,(H,28,29). The molecule has 8 heteroatoms. The van der Waals surface area contributed by atoms with Gasteiger partial charge >= 0.3 is 0 Å². The first-order valence-corrected chi connectivity index (χ1v) is 11.3. The lowest BCUT2D eigenvalue weighted by atomic mass is 10.1. The van der Waals surface area contributed by atoms with Gasteiger partial charge in [-0.3, -0.25) is 5.43 Å². The minimum Gasteiger partial charge on any atom is -0.496 e. The van der Waals surface area contributed by atoms with Gasteiger partial charge in [-0.25, -0.2) is 4.98 Å². The smallest absolute Gasteiger partial charge is 0.203 e. The van der Waals surface area contributed by atoms with Crippen LogP contribution in [0.25, 0.3) is 11.3 Å². The summed E-state index contributed by atoms with van der Waals surface area (Å²) in [6.07, 6.45) is 1.72. The second-order valence-electron chi connectivity index (χ2n) is 6.68. The molecule has 0 saturated heterocycles. The Morgan fingerprint density at radius 1 is 1.03 bits per heavy atom. The Morgan fingerprint density at radius 3 is 2.56 bits per heavy atom. The lowest BCUT2D eigenvalue weighted by Gasteiger charge is -2.13. The Kier molecular flexibility index (Phi) is 7.27. The monoisotopic (exact) mass is 483 g/mol. The molecule has 0 amide bonds. The van der Waals surface area contributed by atoms with Gasteiger partial charge in [0.05, 0.1) is 29.1 Å². The highest BCUT2D eigenvalue weighted by Crippen LogP contribution is 2.33. The van der Waals surface area contributed by atoms with Gasteiger partial charge in [0.25, 0.3) is 0 Å². The number of rotatable bonds is 8. The summed E-state index contributed by atoms with van der Waals surface area (Å²) >= 11 is 13.9. The zero-order chi connectivity index (χ0) is 22.3. The topological polar surface area (TPSA) is 55.7 Å². The second kappa shape index (κ2) is 10.5. The van der Waals surface area contributed by atoms with Gasteiger partial charge < -0.3 is 9.47 Å². The van der Waals surface area contributed by atoms with Crippen LogP contribution in [0.1, 0.15) is 11.1 Å². The summed E-state index contributed by atoms with van der Waals surface area (Å²) in [4.78, 5) is 4.56. The summed E-state index contributed by atoms with van der Waals surface area (Å²) in [6.45, 7) is 0.245. The lowest BCUT2D eigenvalue weighted by molar-refractivity contribution is 0.297. The molecule has 0 radical (unpaired) electrons. The van der Waals surface area contributed by atoms with Gasteiger partial charge in [0, 0.05) is 16.5 Å². The minimum absolute atomic E-state index is 0.245. The highest BCUT2D eigenvalue weighted by atomic mass is 35.5. The highest BCUT2D eigenvalue weighted by Gasteiger charge is 2.10. The number of hydrogen-bond donors (Lipinski definition) is 1. The van der Waals surface area contributed by atoms with E-state index in [1.54, 1.807) is 31.5 Å². The number of aromatic nitrogens is 1. The normalized spacial score (nSPS) is 11.0. The molecule has 162 valence electrons. The SMILES string of the molecule is COc1ccc(C=NNc2nc(-c3ccccc3)cs2)cc1COc1c(Cl)cccc1Cl. The molecule has 1 heterocycles. The van der Waals surface area contributed by atoms with Crippen LogP contribution < -0.4 is 14.9 Å². The lowest BCUT2D eigenvalue weighted by Crippen LogP contribution is -2.01. The molecule has 4 rings (SSSR count). The second-order valence-corrected chi connectivity index (χ2v) is 8.36. The van der Waals surface area contributed by atoms with Gasteiger partial charge in [0.15, 0.2) is 5.75 Å². The molecule has 4 aromatic rings. The fraction of sp³-hybridized carbons (Fsp3) is 0.0833. The number of anilines is 1. The summed E-state index contributed by atoms with van der Waals surface area (Å²) in [5, 5.41) is 7.93. The minimum atomic E-state index is 0.245. The third-order valence-electron chi connectivity index (χ3n) is 4.54. The average molecular weight is 484 g/mol. The summed E-state index contributed by atoms with van der Waals surface area (Å²) in [6, 6.07) is 21.0. The quantitative estimate of drug-likeness (QED) is 0.213. The van der Waals surface area contributed by atoms with Crippen LogP contribution in [0.3, 0.4) is 0 Å². The van der Waals surface area contributed by atoms with Gasteiger partial charge in [-0.15, -0.1) is 11.3 Å². The molecule has 1 N–H and O–H groups in total. The first kappa shape index (κ1) is 22.1. The van der Waals surface area contributed by atoms with Crippen LogP contribution in [0.15, 0.2) is 77.2 Å². The maximum Gasteiger partial charge on any atom is 0.203 e. The molecule has 1 aromatic heterocycles. The van der Waals surface area contributed by atoms with Crippen molar-refractivity contribution in [1.29, 1.82) is 0 Å². The van der Waals surface area contributed by atoms with E-state index in [1.807, 2.05) is 53.9 Å². The molecular formula is C24H19Cl2N3O2S. The number of ether oxygens (including phenoxy) is 2. The van der Waals surface area contributed by atoms with Crippen LogP contribution in [0.4, 0.5) is 5.13 Å². The number of nitrogens with zero attached hydrogens (tertiary/aromatic N) is 2. The Labute approximate surface area is 200 Å². The predicted molar refractivity (Wildman–Crippen MR) is 133 cm³/mol. The average Bonchev–Trinajstić information content (AvgIpc) is 3.28. The van der Waals surface area contributed by atoms with Crippen LogP contribution in [0.2, 0.25) is 10.0 Å². The van der Waals surface area contributed by atoms with Crippen LogP contribution in [-0.2, 0) is 6.61 Å². The molecule has 0 spiro atoms. The Morgan fingerprint density at radius 2 is 1.81 bits per heavy atom. The number of para-hydroxylation sites is 1. The van der Waals surface area contributed by atoms with E-state index < -0.39 is 0 Å². The number of hydrazone groups is 1. The number of halogens is 2. The molecule has 0 aliphatic heterocycles. The van der Waals surface area contributed by atoms with Crippen molar-refractivity contribution in [3.8, 4) is 22.8 Å². The van der Waals surface area contributed by atoms with Gasteiger partial charge in [-0.2, -0.15) is 5.10 Å². The van der Waals surface area contributed by atoms with E-state index in [0.29, 0.717) is 26.7 Å². The summed E-state index contributed by atoms with van der Waals surface area (Å²) in [5.41, 5.74) is 6.68. The zero-order valence-corrected chi connectivity index (χ0v) is 19.4. The third kappa shape index (κ3) is 5.40. The van der Waals surface area contributed by atoms with E-state index in [9.17, 15) is 0 Å². The van der Waals surface area contributed by atoms with E-state index >= 15 is 0 Å². The summed E-state index contributed by atoms with van der Waals surface area (Å²) in [7, 11) is 1.61. The first-order chi connectivity index (χ1) is 15.6. The molecule has 0 saturated carbocycles. The van der Waals surface area contributed by atoms with Gasteiger partial charge in [0.1, 0.15) is 12.4 Å². The molecule has 0 fully saturated rings. The summed E-state index contributed by atoms with van der Waals surface area (Å²) < 4.78 is 11.3. The summed E-state index contributed by atoms with van der Waals surface area (Å²) in [5.74, 6) is 1.14. The fourth-order valence-corrected chi connectivity index (χ4v) is 4.17. The number of hydrogen-bond acceptors (Lipinski definition) is 6. The van der Waals surface area contributed by atoms with Crippen LogP contribution >= 0.6 is 34.5 Å². The molecule has 0 unspecified atom stereocenters. The Hall–Kier alpha value is -3.06. The van der Waals surface area contributed by atoms with Crippen LogP contribution in [0.5, 0.6) is 11.5 Å². The van der Waals surface area contributed by atoms with Crippen LogP contribution in [-0.4, -0.2) is 18.3 Å². The van der Waals surface area contributed by atoms with Crippen molar-refractivity contribution in [3.05, 3.63) is 93.3 Å². The van der Waals surface area contributed by atoms with E-state index in [-0.39, 0.29) is 6.61 Å². The predicted octanol–water partition coefficient (Wildman–Crippen LogP) is 7.15. The first-order valence-electron chi connectivity index (χ1n) is 9.68.